The highest BCUT2D eigenvalue weighted by molar-refractivity contribution is 7.72. The third-order valence-corrected chi connectivity index (χ3v) is 5.25. The Morgan fingerprint density at radius 2 is 1.76 bits per heavy atom. The molecule has 0 radical (unpaired) electrons. The van der Waals surface area contributed by atoms with E-state index in [2.05, 4.69) is 10.5 Å². The standard InChI is InChI=1S/C14H15ClN3O2P/c1-21(20,18-12-8-4-3-7-11(12)15)13-9-5-2-6-10(13)14(19)17-16/h2-9H,16H2,1H3,(H,17,19)(H,18,20). The van der Waals surface area contributed by atoms with Crippen molar-refractivity contribution in [1.29, 1.82) is 0 Å². The lowest BCUT2D eigenvalue weighted by Gasteiger charge is -2.19. The van der Waals surface area contributed by atoms with Gasteiger partial charge in [0.1, 0.15) is 0 Å². The summed E-state index contributed by atoms with van der Waals surface area (Å²) < 4.78 is 13.0. The second-order valence-corrected chi connectivity index (χ2v) is 7.47. The first-order valence-electron chi connectivity index (χ1n) is 6.16. The summed E-state index contributed by atoms with van der Waals surface area (Å²) >= 11 is 6.06. The third kappa shape index (κ3) is 3.45. The van der Waals surface area contributed by atoms with Crippen molar-refractivity contribution in [3.05, 3.63) is 59.1 Å². The minimum Gasteiger partial charge on any atom is -0.332 e. The molecule has 2 rings (SSSR count). The highest BCUT2D eigenvalue weighted by Gasteiger charge is 2.24. The van der Waals surface area contributed by atoms with Crippen molar-refractivity contribution >= 4 is 35.8 Å². The van der Waals surface area contributed by atoms with Crippen LogP contribution < -0.4 is 21.7 Å². The van der Waals surface area contributed by atoms with E-state index in [1.54, 1.807) is 55.2 Å². The first-order chi connectivity index (χ1) is 9.95. The number of para-hydroxylation sites is 1. The molecule has 0 aromatic heterocycles. The van der Waals surface area contributed by atoms with Crippen LogP contribution in [0.2, 0.25) is 5.02 Å². The number of nitrogens with two attached hydrogens (primary N) is 1. The summed E-state index contributed by atoms with van der Waals surface area (Å²) in [5.74, 6) is 4.67. The number of hydrogen-bond acceptors (Lipinski definition) is 3. The zero-order chi connectivity index (χ0) is 15.5. The van der Waals surface area contributed by atoms with Gasteiger partial charge in [0, 0.05) is 12.0 Å². The Hall–Kier alpha value is -1.81. The monoisotopic (exact) mass is 323 g/mol. The molecule has 2 aromatic rings. The van der Waals surface area contributed by atoms with Gasteiger partial charge in [-0.25, -0.2) is 5.84 Å². The molecule has 0 aliphatic carbocycles. The zero-order valence-electron chi connectivity index (χ0n) is 11.3. The van der Waals surface area contributed by atoms with Crippen molar-refractivity contribution in [2.45, 2.75) is 0 Å². The first-order valence-corrected chi connectivity index (χ1v) is 8.70. The third-order valence-electron chi connectivity index (χ3n) is 2.95. The summed E-state index contributed by atoms with van der Waals surface area (Å²) in [6, 6.07) is 13.6. The molecule has 1 amide bonds. The molecule has 4 N–H and O–H groups in total. The Morgan fingerprint density at radius 1 is 1.14 bits per heavy atom. The van der Waals surface area contributed by atoms with Crippen LogP contribution >= 0.6 is 18.9 Å². The number of halogens is 1. The van der Waals surface area contributed by atoms with Crippen molar-refractivity contribution in [2.75, 3.05) is 11.8 Å². The van der Waals surface area contributed by atoms with Gasteiger partial charge in [-0.2, -0.15) is 0 Å². The maximum atomic E-state index is 13.0. The number of hydrazine groups is 1. The van der Waals surface area contributed by atoms with E-state index in [-0.39, 0.29) is 5.56 Å². The molecule has 7 heteroatoms. The molecule has 0 fully saturated rings. The fourth-order valence-corrected chi connectivity index (χ4v) is 3.99. The number of rotatable bonds is 4. The van der Waals surface area contributed by atoms with Crippen molar-refractivity contribution < 1.29 is 9.36 Å². The molecule has 110 valence electrons. The van der Waals surface area contributed by atoms with Crippen LogP contribution in [0.4, 0.5) is 5.69 Å². The lowest BCUT2D eigenvalue weighted by atomic mass is 10.2. The molecule has 0 aliphatic heterocycles. The Labute approximate surface area is 127 Å². The summed E-state index contributed by atoms with van der Waals surface area (Å²) in [5.41, 5.74) is 2.87. The maximum absolute atomic E-state index is 13.0. The van der Waals surface area contributed by atoms with Crippen LogP contribution in [0.3, 0.4) is 0 Å². The molecule has 0 spiro atoms. The topological polar surface area (TPSA) is 84.2 Å². The number of carbonyl (C=O) groups excluding carboxylic acids is 1. The zero-order valence-corrected chi connectivity index (χ0v) is 13.0. The summed E-state index contributed by atoms with van der Waals surface area (Å²) in [4.78, 5) is 11.8. The number of amides is 1. The van der Waals surface area contributed by atoms with E-state index in [1.807, 2.05) is 0 Å². The fraction of sp³-hybridized carbons (Fsp3) is 0.0714. The summed E-state index contributed by atoms with van der Waals surface area (Å²) in [7, 11) is -3.05. The predicted molar refractivity (Wildman–Crippen MR) is 86.3 cm³/mol. The molecular weight excluding hydrogens is 309 g/mol. The summed E-state index contributed by atoms with van der Waals surface area (Å²) in [5, 5.41) is 3.78. The highest BCUT2D eigenvalue weighted by Crippen LogP contribution is 2.42. The number of carbonyl (C=O) groups is 1. The minimum atomic E-state index is -3.05. The van der Waals surface area contributed by atoms with E-state index in [0.717, 1.165) is 0 Å². The summed E-state index contributed by atoms with van der Waals surface area (Å²) in [6.07, 6.45) is 0. The van der Waals surface area contributed by atoms with Gasteiger partial charge >= 0.3 is 0 Å². The minimum absolute atomic E-state index is 0.269. The van der Waals surface area contributed by atoms with Crippen molar-refractivity contribution in [3.63, 3.8) is 0 Å². The normalized spacial score (nSPS) is 13.3. The molecule has 0 heterocycles. The second-order valence-electron chi connectivity index (χ2n) is 4.51. The van der Waals surface area contributed by atoms with E-state index in [1.165, 1.54) is 0 Å². The van der Waals surface area contributed by atoms with Gasteiger partial charge in [0.25, 0.3) is 5.91 Å². The van der Waals surface area contributed by atoms with Gasteiger partial charge in [-0.05, 0) is 24.3 Å². The lowest BCUT2D eigenvalue weighted by Crippen LogP contribution is -2.34. The van der Waals surface area contributed by atoms with E-state index in [0.29, 0.717) is 16.0 Å². The Morgan fingerprint density at radius 3 is 2.43 bits per heavy atom. The van der Waals surface area contributed by atoms with Crippen LogP contribution in [0.1, 0.15) is 10.4 Å². The molecule has 21 heavy (non-hydrogen) atoms. The quantitative estimate of drug-likeness (QED) is 0.349. The number of hydrogen-bond donors (Lipinski definition) is 3. The average Bonchev–Trinajstić information content (AvgIpc) is 2.48. The van der Waals surface area contributed by atoms with E-state index in [9.17, 15) is 9.36 Å². The number of nitrogens with one attached hydrogen (secondary N) is 2. The van der Waals surface area contributed by atoms with Gasteiger partial charge in [0.15, 0.2) is 7.29 Å². The van der Waals surface area contributed by atoms with Gasteiger partial charge in [-0.15, -0.1) is 0 Å². The first kappa shape index (κ1) is 15.6. The SMILES string of the molecule is CP(=O)(Nc1ccccc1Cl)c1ccccc1C(=O)NN. The van der Waals surface area contributed by atoms with Crippen LogP contribution in [0, 0.1) is 0 Å². The van der Waals surface area contributed by atoms with Crippen molar-refractivity contribution in [2.24, 2.45) is 5.84 Å². The Balaban J connectivity index is 2.43. The average molecular weight is 324 g/mol. The molecule has 1 atom stereocenters. The molecule has 0 saturated carbocycles. The fourth-order valence-electron chi connectivity index (χ4n) is 1.96. The molecule has 5 nitrogen and oxygen atoms in total. The van der Waals surface area contributed by atoms with E-state index in [4.69, 9.17) is 17.4 Å². The van der Waals surface area contributed by atoms with Gasteiger partial charge in [0.2, 0.25) is 0 Å². The molecule has 1 unspecified atom stereocenters. The van der Waals surface area contributed by atoms with Crippen LogP contribution in [0.15, 0.2) is 48.5 Å². The molecular formula is C14H15ClN3O2P. The van der Waals surface area contributed by atoms with Crippen molar-refractivity contribution in [3.8, 4) is 0 Å². The Bertz CT molecular complexity index is 721. The predicted octanol–water partition coefficient (Wildman–Crippen LogP) is 2.59. The van der Waals surface area contributed by atoms with Crippen LogP contribution in [-0.2, 0) is 4.57 Å². The van der Waals surface area contributed by atoms with Crippen LogP contribution in [0.5, 0.6) is 0 Å². The maximum Gasteiger partial charge on any atom is 0.266 e. The van der Waals surface area contributed by atoms with Gasteiger partial charge < -0.3 is 5.09 Å². The largest absolute Gasteiger partial charge is 0.332 e. The number of anilines is 1. The lowest BCUT2D eigenvalue weighted by molar-refractivity contribution is 0.0954. The molecule has 0 saturated heterocycles. The number of nitrogen functional groups attached to an aromatic ring is 1. The Kier molecular flexibility index (Phi) is 4.68. The van der Waals surface area contributed by atoms with Gasteiger partial charge in [-0.3, -0.25) is 14.8 Å². The van der Waals surface area contributed by atoms with Gasteiger partial charge in [-0.1, -0.05) is 35.9 Å². The van der Waals surface area contributed by atoms with Gasteiger partial charge in [0.05, 0.1) is 16.3 Å². The summed E-state index contributed by atoms with van der Waals surface area (Å²) in [6.45, 7) is 1.54. The highest BCUT2D eigenvalue weighted by atomic mass is 35.5. The van der Waals surface area contributed by atoms with E-state index < -0.39 is 13.2 Å². The van der Waals surface area contributed by atoms with E-state index >= 15 is 0 Å². The molecule has 0 aliphatic rings. The second kappa shape index (κ2) is 6.31. The van der Waals surface area contributed by atoms with Crippen LogP contribution in [0.25, 0.3) is 0 Å². The molecule has 0 bridgehead atoms. The molecule has 2 aromatic carbocycles. The van der Waals surface area contributed by atoms with Crippen LogP contribution in [-0.4, -0.2) is 12.6 Å². The smallest absolute Gasteiger partial charge is 0.266 e. The number of benzene rings is 2. The van der Waals surface area contributed by atoms with Crippen molar-refractivity contribution in [1.82, 2.24) is 5.43 Å².